The van der Waals surface area contributed by atoms with Gasteiger partial charge in [0.05, 0.1) is 47.3 Å². The van der Waals surface area contributed by atoms with Gasteiger partial charge in [0.1, 0.15) is 51.1 Å². The summed E-state index contributed by atoms with van der Waals surface area (Å²) in [5, 5.41) is 20.9. The van der Waals surface area contributed by atoms with Gasteiger partial charge in [-0.15, -0.1) is 11.8 Å². The summed E-state index contributed by atoms with van der Waals surface area (Å²) in [6.07, 6.45) is 3.80. The third-order valence-corrected chi connectivity index (χ3v) is 14.2. The Hall–Kier alpha value is -8.65. The lowest BCUT2D eigenvalue weighted by Crippen LogP contribution is -2.37. The third kappa shape index (κ3) is 11.5. The van der Waals surface area contributed by atoms with Crippen LogP contribution in [0, 0.1) is 13.8 Å². The SMILES string of the molecule is CCn1nc(C)cc1C(=O)Nc1nc2cc(C(N)=O)cc(OCCCN(C)C(=O)CCN3C(=O)CC(SC[C@H](N)C(=O)O)C3=O)c2n1C/C=C/Cn1c2nc(-c3cc(C)nn3CC)ccc2c2nc(C(N)=O)cc(OC)c21. The monoisotopic (exact) mass is 1070 g/mol. The van der Waals surface area contributed by atoms with Crippen LogP contribution in [0.15, 0.2) is 54.6 Å². The van der Waals surface area contributed by atoms with Crippen LogP contribution in [-0.2, 0) is 45.4 Å². The van der Waals surface area contributed by atoms with E-state index in [1.165, 1.54) is 30.2 Å². The molecular formula is C51H59N15O10S. The second-order valence-electron chi connectivity index (χ2n) is 18.2. The summed E-state index contributed by atoms with van der Waals surface area (Å²) in [5.74, 6) is -3.83. The van der Waals surface area contributed by atoms with Crippen molar-refractivity contribution in [2.75, 3.05) is 44.9 Å². The number of ether oxygens (including phenoxy) is 2. The number of nitrogens with zero attached hydrogens (tertiary/aromatic N) is 11. The lowest BCUT2D eigenvalue weighted by molar-refractivity contribution is -0.140. The molecule has 0 spiro atoms. The van der Waals surface area contributed by atoms with Crippen molar-refractivity contribution in [1.29, 1.82) is 0 Å². The molecule has 77 heavy (non-hydrogen) atoms. The molecule has 26 heteroatoms. The predicted octanol–water partition coefficient (Wildman–Crippen LogP) is 3.26. The number of hydrogen-bond donors (Lipinski definition) is 5. The van der Waals surface area contributed by atoms with Crippen molar-refractivity contribution in [1.82, 2.24) is 53.4 Å². The maximum Gasteiger partial charge on any atom is 0.321 e. The Morgan fingerprint density at radius 2 is 1.62 bits per heavy atom. The maximum atomic E-state index is 14.0. The van der Waals surface area contributed by atoms with Gasteiger partial charge in [-0.25, -0.2) is 15.0 Å². The smallest absolute Gasteiger partial charge is 0.321 e. The lowest BCUT2D eigenvalue weighted by atomic mass is 10.1. The number of fused-ring (bicyclic) bond motifs is 4. The first kappa shape index (κ1) is 54.6. The summed E-state index contributed by atoms with van der Waals surface area (Å²) in [6, 6.07) is 10.7. The minimum absolute atomic E-state index is 0.0175. The lowest BCUT2D eigenvalue weighted by Gasteiger charge is -2.20. The van der Waals surface area contributed by atoms with E-state index in [1.807, 2.05) is 60.4 Å². The summed E-state index contributed by atoms with van der Waals surface area (Å²) in [5.41, 5.74) is 22.7. The van der Waals surface area contributed by atoms with Gasteiger partial charge in [-0.2, -0.15) is 10.2 Å². The van der Waals surface area contributed by atoms with Gasteiger partial charge in [0.15, 0.2) is 0 Å². The summed E-state index contributed by atoms with van der Waals surface area (Å²) < 4.78 is 19.3. The molecule has 6 aromatic heterocycles. The molecule has 8 N–H and O–H groups in total. The summed E-state index contributed by atoms with van der Waals surface area (Å²) >= 11 is 1.000. The van der Waals surface area contributed by atoms with Gasteiger partial charge in [0.25, 0.3) is 11.8 Å². The van der Waals surface area contributed by atoms with Crippen LogP contribution >= 0.6 is 11.8 Å². The Morgan fingerprint density at radius 1 is 0.909 bits per heavy atom. The molecule has 6 amide bonds. The van der Waals surface area contributed by atoms with E-state index in [2.05, 4.69) is 20.5 Å². The van der Waals surface area contributed by atoms with Crippen LogP contribution in [0.25, 0.3) is 44.5 Å². The van der Waals surface area contributed by atoms with E-state index in [1.54, 1.807) is 29.3 Å². The topological polar surface area (TPSA) is 339 Å². The van der Waals surface area contributed by atoms with E-state index in [-0.39, 0.29) is 85.8 Å². The molecule has 7 aromatic rings. The molecular weight excluding hydrogens is 1010 g/mol. The van der Waals surface area contributed by atoms with E-state index in [4.69, 9.17) is 41.7 Å². The normalized spacial score (nSPS) is 14.1. The van der Waals surface area contributed by atoms with Crippen molar-refractivity contribution < 1.29 is 48.1 Å². The number of carbonyl (C=O) groups is 7. The number of aryl methyl sites for hydroxylation is 4. The van der Waals surface area contributed by atoms with Crippen molar-refractivity contribution in [2.24, 2.45) is 17.2 Å². The van der Waals surface area contributed by atoms with Gasteiger partial charge >= 0.3 is 5.97 Å². The number of primary amides is 2. The first-order valence-electron chi connectivity index (χ1n) is 24.7. The molecule has 1 fully saturated rings. The molecule has 1 aliphatic heterocycles. The van der Waals surface area contributed by atoms with Crippen molar-refractivity contribution in [3.05, 3.63) is 83.0 Å². The molecule has 0 bridgehead atoms. The third-order valence-electron chi connectivity index (χ3n) is 12.9. The molecule has 7 heterocycles. The standard InChI is InChI=1S/C51H59N15O10S/c1-7-65-35(20-27(3)59-65)32-13-12-30-42-44(37(75-6)24-34(55-42)46(54)70)63(47(30)56-32)16-9-10-17-64-43-33(57-51(64)58-48(71)36-21-28(4)60-66(36)8-2)22-29(45(53)69)23-38(43)76-19-11-15-61(5)40(67)14-18-62-41(68)25-39(49(62)72)77-26-31(52)50(73)74/h9-10,12-13,20-24,31,39H,7-8,11,14-19,25-26,52H2,1-6H3,(H2,53,69)(H2,54,70)(H,73,74)(H,57,58,71)/b10-9+/t31-,39?/m0/s1. The average Bonchev–Trinajstić information content (AvgIpc) is 4.27. The van der Waals surface area contributed by atoms with Crippen molar-refractivity contribution >= 4 is 92.2 Å². The second-order valence-corrected chi connectivity index (χ2v) is 19.5. The Labute approximate surface area is 444 Å². The molecule has 404 valence electrons. The Bertz CT molecular complexity index is 3520. The van der Waals surface area contributed by atoms with Crippen molar-refractivity contribution in [2.45, 2.75) is 84.4 Å². The largest absolute Gasteiger partial charge is 0.494 e. The van der Waals surface area contributed by atoms with E-state index in [0.29, 0.717) is 69.9 Å². The number of amides is 6. The summed E-state index contributed by atoms with van der Waals surface area (Å²) in [4.78, 5) is 106. The quantitative estimate of drug-likeness (QED) is 0.0329. The Morgan fingerprint density at radius 3 is 2.31 bits per heavy atom. The maximum absolute atomic E-state index is 14.0. The molecule has 1 unspecified atom stereocenters. The number of nitrogens with two attached hydrogens (primary N) is 3. The molecule has 8 rings (SSSR count). The van der Waals surface area contributed by atoms with Crippen LogP contribution in [0.2, 0.25) is 0 Å². The second kappa shape index (κ2) is 23.1. The zero-order chi connectivity index (χ0) is 55.4. The number of aromatic nitrogens is 9. The molecule has 0 saturated carbocycles. The number of methoxy groups -OCH3 is 1. The average molecular weight is 1070 g/mol. The minimum Gasteiger partial charge on any atom is -0.494 e. The zero-order valence-corrected chi connectivity index (χ0v) is 44.1. The van der Waals surface area contributed by atoms with Gasteiger partial charge in [-0.3, -0.25) is 53.1 Å². The van der Waals surface area contributed by atoms with Crippen molar-refractivity contribution in [3.63, 3.8) is 0 Å². The molecule has 1 aromatic carbocycles. The highest BCUT2D eigenvalue weighted by molar-refractivity contribution is 8.00. The number of carboxylic acids is 1. The number of thioether (sulfide) groups is 1. The first-order valence-corrected chi connectivity index (χ1v) is 25.7. The van der Waals surface area contributed by atoms with Gasteiger partial charge in [0.2, 0.25) is 29.6 Å². The fourth-order valence-corrected chi connectivity index (χ4v) is 10.2. The molecule has 0 aliphatic carbocycles. The molecule has 2 atom stereocenters. The summed E-state index contributed by atoms with van der Waals surface area (Å²) in [7, 11) is 3.07. The number of carbonyl (C=O) groups excluding carboxylic acids is 6. The van der Waals surface area contributed by atoms with E-state index >= 15 is 0 Å². The number of imidazole rings is 1. The summed E-state index contributed by atoms with van der Waals surface area (Å²) in [6.45, 7) is 9.02. The number of likely N-dealkylation sites (tertiary alicyclic amines) is 1. The molecule has 1 aliphatic rings. The van der Waals surface area contributed by atoms with Crippen LogP contribution < -0.4 is 32.0 Å². The van der Waals surface area contributed by atoms with Crippen LogP contribution in [0.4, 0.5) is 5.95 Å². The van der Waals surface area contributed by atoms with Gasteiger partial charge in [0, 0.05) is 81.9 Å². The first-order chi connectivity index (χ1) is 36.8. The Kier molecular flexibility index (Phi) is 16.4. The molecule has 0 radical (unpaired) electrons. The van der Waals surface area contributed by atoms with E-state index < -0.39 is 46.8 Å². The highest BCUT2D eigenvalue weighted by Gasteiger charge is 2.39. The molecule has 25 nitrogen and oxygen atoms in total. The number of imide groups is 1. The highest BCUT2D eigenvalue weighted by atomic mass is 32.2. The van der Waals surface area contributed by atoms with E-state index in [9.17, 15) is 33.6 Å². The number of nitrogens with one attached hydrogen (secondary N) is 1. The number of rotatable bonds is 24. The van der Waals surface area contributed by atoms with Crippen molar-refractivity contribution in [3.8, 4) is 22.9 Å². The van der Waals surface area contributed by atoms with Crippen LogP contribution in [0.5, 0.6) is 11.5 Å². The fraction of sp³-hybridized carbons (Fsp3) is 0.373. The zero-order valence-electron chi connectivity index (χ0n) is 43.3. The highest BCUT2D eigenvalue weighted by Crippen LogP contribution is 2.36. The van der Waals surface area contributed by atoms with Gasteiger partial charge in [-0.1, -0.05) is 12.2 Å². The minimum atomic E-state index is -1.21. The number of hydrogen-bond acceptors (Lipinski definition) is 16. The van der Waals surface area contributed by atoms with Gasteiger partial charge in [-0.05, 0) is 70.5 Å². The number of aliphatic carboxylic acids is 1. The van der Waals surface area contributed by atoms with Crippen LogP contribution in [-0.4, -0.2) is 151 Å². The predicted molar refractivity (Wildman–Crippen MR) is 285 cm³/mol. The van der Waals surface area contributed by atoms with Crippen LogP contribution in [0.1, 0.15) is 75.8 Å². The molecule has 1 saturated heterocycles. The number of anilines is 1. The Balaban J connectivity index is 1.07. The fourth-order valence-electron chi connectivity index (χ4n) is 9.07. The van der Waals surface area contributed by atoms with E-state index in [0.717, 1.165) is 28.0 Å². The number of benzene rings is 1. The van der Waals surface area contributed by atoms with Crippen LogP contribution in [0.3, 0.4) is 0 Å². The number of carboxylic acid groups (broad SMARTS) is 1. The van der Waals surface area contributed by atoms with Gasteiger partial charge < -0.3 is 45.8 Å². The number of allylic oxidation sites excluding steroid dienone is 2. The number of pyridine rings is 2.